The van der Waals surface area contributed by atoms with Crippen LogP contribution in [0.2, 0.25) is 0 Å². The van der Waals surface area contributed by atoms with Gasteiger partial charge in [-0.25, -0.2) is 9.59 Å². The van der Waals surface area contributed by atoms with E-state index in [4.69, 9.17) is 10.5 Å². The Labute approximate surface area is 116 Å². The van der Waals surface area contributed by atoms with Crippen molar-refractivity contribution in [2.24, 2.45) is 5.73 Å². The Morgan fingerprint density at radius 3 is 2.65 bits per heavy atom. The number of imide groups is 1. The molecule has 0 fully saturated rings. The average molecular weight is 276 g/mol. The summed E-state index contributed by atoms with van der Waals surface area (Å²) >= 11 is 0. The average Bonchev–Trinajstić information content (AvgIpc) is 2.84. The van der Waals surface area contributed by atoms with Gasteiger partial charge in [0.25, 0.3) is 5.91 Å². The third-order valence-electron chi connectivity index (χ3n) is 3.23. The van der Waals surface area contributed by atoms with E-state index >= 15 is 0 Å². The maximum atomic E-state index is 11.9. The number of benzene rings is 1. The molecular weight excluding hydrogens is 260 g/mol. The van der Waals surface area contributed by atoms with Gasteiger partial charge in [0, 0.05) is 0 Å². The van der Waals surface area contributed by atoms with Crippen molar-refractivity contribution in [3.63, 3.8) is 0 Å². The van der Waals surface area contributed by atoms with E-state index in [0.717, 1.165) is 24.8 Å². The first-order valence-corrected chi connectivity index (χ1v) is 6.40. The van der Waals surface area contributed by atoms with Gasteiger partial charge in [-0.3, -0.25) is 10.1 Å². The lowest BCUT2D eigenvalue weighted by atomic mass is 10.1. The molecule has 1 aliphatic carbocycles. The van der Waals surface area contributed by atoms with Crippen LogP contribution in [0.15, 0.2) is 18.2 Å². The van der Waals surface area contributed by atoms with Crippen LogP contribution in [0.25, 0.3) is 0 Å². The van der Waals surface area contributed by atoms with Crippen LogP contribution in [0.3, 0.4) is 0 Å². The molecule has 2 rings (SSSR count). The highest BCUT2D eigenvalue weighted by Gasteiger charge is 2.21. The molecule has 0 aromatic heterocycles. The number of carbonyl (C=O) groups excluding carboxylic acids is 3. The fourth-order valence-electron chi connectivity index (χ4n) is 2.20. The molecule has 0 unspecified atom stereocenters. The van der Waals surface area contributed by atoms with Crippen LogP contribution in [0.1, 0.15) is 34.8 Å². The second-order valence-electron chi connectivity index (χ2n) is 4.74. The van der Waals surface area contributed by atoms with Crippen LogP contribution >= 0.6 is 0 Å². The Balaban J connectivity index is 2.01. The Kier molecular flexibility index (Phi) is 4.02. The van der Waals surface area contributed by atoms with Crippen LogP contribution < -0.4 is 11.1 Å². The number of ether oxygens (including phenoxy) is 1. The molecule has 20 heavy (non-hydrogen) atoms. The molecule has 3 N–H and O–H groups in total. The zero-order chi connectivity index (χ0) is 14.7. The standard InChI is InChI=1S/C14H16N2O4/c1-8(12(17)16-14(15)19)20-13(18)11-6-5-9-3-2-4-10(9)7-11/h5-8H,2-4H2,1H3,(H3,15,16,17,19)/t8-/m0/s1. The quantitative estimate of drug-likeness (QED) is 0.802. The van der Waals surface area contributed by atoms with Crippen molar-refractivity contribution in [2.45, 2.75) is 32.3 Å². The summed E-state index contributed by atoms with van der Waals surface area (Å²) < 4.78 is 5.00. The van der Waals surface area contributed by atoms with Crippen molar-refractivity contribution >= 4 is 17.9 Å². The number of primary amides is 1. The number of amides is 3. The minimum Gasteiger partial charge on any atom is -0.449 e. The lowest BCUT2D eigenvalue weighted by Crippen LogP contribution is -2.42. The first-order chi connectivity index (χ1) is 9.47. The van der Waals surface area contributed by atoms with E-state index in [1.165, 1.54) is 12.5 Å². The molecule has 1 aromatic carbocycles. The molecule has 0 saturated heterocycles. The van der Waals surface area contributed by atoms with E-state index in [2.05, 4.69) is 0 Å². The Bertz CT molecular complexity index is 568. The molecule has 1 atom stereocenters. The monoisotopic (exact) mass is 276 g/mol. The molecule has 0 radical (unpaired) electrons. The van der Waals surface area contributed by atoms with Crippen LogP contribution in [0.5, 0.6) is 0 Å². The molecule has 1 aliphatic rings. The highest BCUT2D eigenvalue weighted by molar-refractivity contribution is 5.98. The number of aryl methyl sites for hydroxylation is 2. The van der Waals surface area contributed by atoms with Crippen molar-refractivity contribution in [3.8, 4) is 0 Å². The maximum absolute atomic E-state index is 11.9. The van der Waals surface area contributed by atoms with Crippen molar-refractivity contribution in [1.29, 1.82) is 0 Å². The zero-order valence-corrected chi connectivity index (χ0v) is 11.1. The van der Waals surface area contributed by atoms with Crippen molar-refractivity contribution in [3.05, 3.63) is 34.9 Å². The normalized spacial score (nSPS) is 14.2. The van der Waals surface area contributed by atoms with Gasteiger partial charge >= 0.3 is 12.0 Å². The number of hydrogen-bond donors (Lipinski definition) is 2. The fourth-order valence-corrected chi connectivity index (χ4v) is 2.20. The molecule has 6 nitrogen and oxygen atoms in total. The predicted octanol–water partition coefficient (Wildman–Crippen LogP) is 0.916. The number of hydrogen-bond acceptors (Lipinski definition) is 4. The summed E-state index contributed by atoms with van der Waals surface area (Å²) in [7, 11) is 0. The van der Waals surface area contributed by atoms with Gasteiger partial charge < -0.3 is 10.5 Å². The predicted molar refractivity (Wildman–Crippen MR) is 71.1 cm³/mol. The van der Waals surface area contributed by atoms with E-state index in [9.17, 15) is 14.4 Å². The van der Waals surface area contributed by atoms with Gasteiger partial charge in [-0.05, 0) is 49.4 Å². The second kappa shape index (κ2) is 5.73. The van der Waals surface area contributed by atoms with E-state index in [0.29, 0.717) is 5.56 Å². The Morgan fingerprint density at radius 2 is 1.95 bits per heavy atom. The van der Waals surface area contributed by atoms with Gasteiger partial charge in [-0.1, -0.05) is 6.07 Å². The van der Waals surface area contributed by atoms with Crippen molar-refractivity contribution < 1.29 is 19.1 Å². The third kappa shape index (κ3) is 3.14. The van der Waals surface area contributed by atoms with E-state index < -0.39 is 24.0 Å². The molecule has 6 heteroatoms. The summed E-state index contributed by atoms with van der Waals surface area (Å²) in [5.41, 5.74) is 7.63. The summed E-state index contributed by atoms with van der Waals surface area (Å²) in [6.45, 7) is 1.38. The Hall–Kier alpha value is -2.37. The number of nitrogens with two attached hydrogens (primary N) is 1. The van der Waals surface area contributed by atoms with Crippen LogP contribution in [0.4, 0.5) is 4.79 Å². The number of urea groups is 1. The number of carbonyl (C=O) groups is 3. The first kappa shape index (κ1) is 14.0. The highest BCUT2D eigenvalue weighted by Crippen LogP contribution is 2.23. The SMILES string of the molecule is C[C@H](OC(=O)c1ccc2c(c1)CCC2)C(=O)NC(N)=O. The van der Waals surface area contributed by atoms with Gasteiger partial charge in [-0.15, -0.1) is 0 Å². The van der Waals surface area contributed by atoms with Gasteiger partial charge in [0.05, 0.1) is 5.56 Å². The number of nitrogens with one attached hydrogen (secondary N) is 1. The van der Waals surface area contributed by atoms with E-state index in [1.807, 2.05) is 11.4 Å². The second-order valence-corrected chi connectivity index (χ2v) is 4.74. The molecule has 106 valence electrons. The third-order valence-corrected chi connectivity index (χ3v) is 3.23. The molecule has 3 amide bonds. The molecule has 0 heterocycles. The maximum Gasteiger partial charge on any atom is 0.338 e. The fraction of sp³-hybridized carbons (Fsp3) is 0.357. The zero-order valence-electron chi connectivity index (χ0n) is 11.1. The van der Waals surface area contributed by atoms with Gasteiger partial charge in [-0.2, -0.15) is 0 Å². The Morgan fingerprint density at radius 1 is 1.25 bits per heavy atom. The first-order valence-electron chi connectivity index (χ1n) is 6.40. The lowest BCUT2D eigenvalue weighted by Gasteiger charge is -2.12. The number of esters is 1. The van der Waals surface area contributed by atoms with Gasteiger partial charge in [0.1, 0.15) is 0 Å². The highest BCUT2D eigenvalue weighted by atomic mass is 16.5. The molecule has 0 bridgehead atoms. The summed E-state index contributed by atoms with van der Waals surface area (Å²) in [5, 5.41) is 1.86. The van der Waals surface area contributed by atoms with E-state index in [1.54, 1.807) is 12.1 Å². The molecule has 0 saturated carbocycles. The summed E-state index contributed by atoms with van der Waals surface area (Å²) in [5.74, 6) is -1.33. The topological polar surface area (TPSA) is 98.5 Å². The van der Waals surface area contributed by atoms with Gasteiger partial charge in [0.15, 0.2) is 6.10 Å². The molecule has 0 spiro atoms. The number of rotatable bonds is 3. The number of fused-ring (bicyclic) bond motifs is 1. The summed E-state index contributed by atoms with van der Waals surface area (Å²) in [6.07, 6.45) is 1.99. The lowest BCUT2D eigenvalue weighted by molar-refractivity contribution is -0.127. The smallest absolute Gasteiger partial charge is 0.338 e. The van der Waals surface area contributed by atoms with Gasteiger partial charge in [0.2, 0.25) is 0 Å². The molecule has 0 aliphatic heterocycles. The largest absolute Gasteiger partial charge is 0.449 e. The summed E-state index contributed by atoms with van der Waals surface area (Å²) in [4.78, 5) is 33.9. The van der Waals surface area contributed by atoms with Crippen LogP contribution in [-0.4, -0.2) is 24.0 Å². The molecule has 1 aromatic rings. The minimum absolute atomic E-state index is 0.407. The summed E-state index contributed by atoms with van der Waals surface area (Å²) in [6, 6.07) is 4.41. The molecular formula is C14H16N2O4. The van der Waals surface area contributed by atoms with E-state index in [-0.39, 0.29) is 0 Å². The minimum atomic E-state index is -1.08. The van der Waals surface area contributed by atoms with Crippen molar-refractivity contribution in [1.82, 2.24) is 5.32 Å². The van der Waals surface area contributed by atoms with Crippen LogP contribution in [-0.2, 0) is 22.4 Å². The van der Waals surface area contributed by atoms with Crippen molar-refractivity contribution in [2.75, 3.05) is 0 Å². The van der Waals surface area contributed by atoms with Crippen LogP contribution in [0, 0.1) is 0 Å².